The summed E-state index contributed by atoms with van der Waals surface area (Å²) in [6.45, 7) is 1.28. The molecule has 2 aliphatic heterocycles. The first-order chi connectivity index (χ1) is 13.8. The zero-order valence-corrected chi connectivity index (χ0v) is 15.9. The lowest BCUT2D eigenvalue weighted by molar-refractivity contribution is -0.384. The fourth-order valence-corrected chi connectivity index (χ4v) is 4.88. The van der Waals surface area contributed by atoms with Crippen LogP contribution in [0.2, 0.25) is 0 Å². The average Bonchev–Trinajstić information content (AvgIpc) is 3.01. The summed E-state index contributed by atoms with van der Waals surface area (Å²) in [5.41, 5.74) is 0.993. The lowest BCUT2D eigenvalue weighted by Crippen LogP contribution is -2.48. The minimum Gasteiger partial charge on any atom is -0.369 e. The number of carbonyl (C=O) groups is 2. The van der Waals surface area contributed by atoms with Gasteiger partial charge in [0.25, 0.3) is 17.5 Å². The van der Waals surface area contributed by atoms with Crippen molar-refractivity contribution in [2.45, 2.75) is 4.90 Å². The van der Waals surface area contributed by atoms with Gasteiger partial charge in [0.2, 0.25) is 10.0 Å². The Hall–Kier alpha value is -3.31. The lowest BCUT2D eigenvalue weighted by atomic mass is 10.1. The first kappa shape index (κ1) is 19.0. The number of hydrogen-bond donors (Lipinski definition) is 1. The van der Waals surface area contributed by atoms with Crippen molar-refractivity contribution in [2.24, 2.45) is 0 Å². The van der Waals surface area contributed by atoms with Crippen LogP contribution in [0.15, 0.2) is 47.4 Å². The van der Waals surface area contributed by atoms with E-state index in [0.29, 0.717) is 13.1 Å². The highest BCUT2D eigenvalue weighted by Crippen LogP contribution is 2.25. The van der Waals surface area contributed by atoms with Crippen molar-refractivity contribution in [2.75, 3.05) is 31.1 Å². The van der Waals surface area contributed by atoms with E-state index in [1.54, 1.807) is 12.1 Å². The number of nitrogens with one attached hydrogen (secondary N) is 1. The molecule has 1 saturated heterocycles. The van der Waals surface area contributed by atoms with Crippen molar-refractivity contribution in [3.8, 4) is 0 Å². The quantitative estimate of drug-likeness (QED) is 0.447. The van der Waals surface area contributed by atoms with Crippen LogP contribution in [0.5, 0.6) is 0 Å². The maximum atomic E-state index is 13.0. The Morgan fingerprint density at radius 2 is 1.52 bits per heavy atom. The van der Waals surface area contributed by atoms with E-state index in [1.807, 2.05) is 4.90 Å². The molecule has 2 amide bonds. The molecule has 0 aromatic heterocycles. The molecule has 0 bridgehead atoms. The Kier molecular flexibility index (Phi) is 4.55. The molecule has 150 valence electrons. The third-order valence-electron chi connectivity index (χ3n) is 5.01. The van der Waals surface area contributed by atoms with Crippen LogP contribution < -0.4 is 10.2 Å². The minimum atomic E-state index is -3.82. The summed E-state index contributed by atoms with van der Waals surface area (Å²) in [5.74, 6) is -1.14. The molecule has 4 rings (SSSR count). The standard InChI is InChI=1S/C18H16N4O6S/c23-17-15-6-5-14(11-16(15)18(24)19-17)29(27,28)21-9-7-20(8-10-21)12-1-3-13(4-2-12)22(25)26/h1-6,11H,7-10H2,(H,19,23,24). The Morgan fingerprint density at radius 1 is 0.897 bits per heavy atom. The number of fused-ring (bicyclic) bond motifs is 1. The molecule has 0 aliphatic carbocycles. The van der Waals surface area contributed by atoms with Crippen molar-refractivity contribution in [3.63, 3.8) is 0 Å². The zero-order chi connectivity index (χ0) is 20.8. The Labute approximate surface area is 165 Å². The van der Waals surface area contributed by atoms with E-state index in [0.717, 1.165) is 5.69 Å². The van der Waals surface area contributed by atoms with E-state index < -0.39 is 26.8 Å². The summed E-state index contributed by atoms with van der Waals surface area (Å²) >= 11 is 0. The molecule has 29 heavy (non-hydrogen) atoms. The maximum Gasteiger partial charge on any atom is 0.269 e. The number of nitro benzene ring substituents is 1. The third kappa shape index (κ3) is 3.34. The highest BCUT2D eigenvalue weighted by atomic mass is 32.2. The van der Waals surface area contributed by atoms with Crippen LogP contribution in [-0.4, -0.2) is 55.6 Å². The van der Waals surface area contributed by atoms with Gasteiger partial charge in [-0.3, -0.25) is 25.0 Å². The van der Waals surface area contributed by atoms with Crippen LogP contribution >= 0.6 is 0 Å². The van der Waals surface area contributed by atoms with Crippen molar-refractivity contribution in [1.29, 1.82) is 0 Å². The van der Waals surface area contributed by atoms with Gasteiger partial charge in [-0.15, -0.1) is 0 Å². The number of sulfonamides is 1. The number of imide groups is 1. The average molecular weight is 416 g/mol. The Bertz CT molecular complexity index is 1120. The fraction of sp³-hybridized carbons (Fsp3) is 0.222. The summed E-state index contributed by atoms with van der Waals surface area (Å²) in [5, 5.41) is 12.9. The van der Waals surface area contributed by atoms with Gasteiger partial charge in [-0.05, 0) is 30.3 Å². The number of anilines is 1. The van der Waals surface area contributed by atoms with Gasteiger partial charge >= 0.3 is 0 Å². The van der Waals surface area contributed by atoms with E-state index in [4.69, 9.17) is 0 Å². The van der Waals surface area contributed by atoms with E-state index in [2.05, 4.69) is 5.32 Å². The second kappa shape index (κ2) is 6.94. The first-order valence-electron chi connectivity index (χ1n) is 8.76. The van der Waals surface area contributed by atoms with Crippen molar-refractivity contribution < 1.29 is 22.9 Å². The van der Waals surface area contributed by atoms with Gasteiger partial charge in [0.05, 0.1) is 20.9 Å². The number of rotatable bonds is 4. The smallest absolute Gasteiger partial charge is 0.269 e. The number of hydrogen-bond acceptors (Lipinski definition) is 7. The van der Waals surface area contributed by atoms with E-state index in [9.17, 15) is 28.1 Å². The summed E-state index contributed by atoms with van der Waals surface area (Å²) in [4.78, 5) is 35.6. The maximum absolute atomic E-state index is 13.0. The molecule has 0 unspecified atom stereocenters. The van der Waals surface area contributed by atoms with Gasteiger partial charge in [-0.2, -0.15) is 4.31 Å². The van der Waals surface area contributed by atoms with Gasteiger partial charge in [0.1, 0.15) is 0 Å². The highest BCUT2D eigenvalue weighted by molar-refractivity contribution is 7.89. The first-order valence-corrected chi connectivity index (χ1v) is 10.2. The largest absolute Gasteiger partial charge is 0.369 e. The molecule has 1 fully saturated rings. The van der Waals surface area contributed by atoms with Crippen LogP contribution in [0, 0.1) is 10.1 Å². The molecular weight excluding hydrogens is 400 g/mol. The number of nitrogens with zero attached hydrogens (tertiary/aromatic N) is 3. The molecule has 2 aliphatic rings. The minimum absolute atomic E-state index is 0.00547. The number of nitro groups is 1. The Morgan fingerprint density at radius 3 is 2.14 bits per heavy atom. The second-order valence-electron chi connectivity index (χ2n) is 6.66. The van der Waals surface area contributed by atoms with Gasteiger partial charge in [0.15, 0.2) is 0 Å². The van der Waals surface area contributed by atoms with Crippen LogP contribution in [0.1, 0.15) is 20.7 Å². The number of piperazine rings is 1. The lowest BCUT2D eigenvalue weighted by Gasteiger charge is -2.35. The highest BCUT2D eigenvalue weighted by Gasteiger charge is 2.32. The summed E-state index contributed by atoms with van der Waals surface area (Å²) in [6, 6.07) is 10.00. The Balaban J connectivity index is 1.49. The summed E-state index contributed by atoms with van der Waals surface area (Å²) in [7, 11) is -3.82. The fourth-order valence-electron chi connectivity index (χ4n) is 3.43. The molecule has 0 saturated carbocycles. The number of amides is 2. The van der Waals surface area contributed by atoms with Gasteiger partial charge in [-0.1, -0.05) is 0 Å². The molecular formula is C18H16N4O6S. The van der Waals surface area contributed by atoms with Crippen LogP contribution in [0.25, 0.3) is 0 Å². The predicted octanol–water partition coefficient (Wildman–Crippen LogP) is 0.989. The zero-order valence-electron chi connectivity index (χ0n) is 15.1. The topological polar surface area (TPSA) is 130 Å². The normalized spacial score (nSPS) is 17.2. The molecule has 1 N–H and O–H groups in total. The number of non-ortho nitro benzene ring substituents is 1. The molecule has 10 nitrogen and oxygen atoms in total. The molecule has 11 heteroatoms. The van der Waals surface area contributed by atoms with Crippen molar-refractivity contribution >= 4 is 33.2 Å². The van der Waals surface area contributed by atoms with E-state index in [1.165, 1.54) is 34.6 Å². The second-order valence-corrected chi connectivity index (χ2v) is 8.59. The molecule has 2 aromatic carbocycles. The summed E-state index contributed by atoms with van der Waals surface area (Å²) < 4.78 is 27.2. The van der Waals surface area contributed by atoms with Crippen molar-refractivity contribution in [3.05, 3.63) is 63.7 Å². The van der Waals surface area contributed by atoms with E-state index in [-0.39, 0.29) is 34.8 Å². The molecule has 0 spiro atoms. The predicted molar refractivity (Wildman–Crippen MR) is 102 cm³/mol. The van der Waals surface area contributed by atoms with Gasteiger partial charge < -0.3 is 4.90 Å². The van der Waals surface area contributed by atoms with Crippen molar-refractivity contribution in [1.82, 2.24) is 9.62 Å². The SMILES string of the molecule is O=C1NC(=O)c2cc(S(=O)(=O)N3CCN(c4ccc([N+](=O)[O-])cc4)CC3)ccc21. The number of benzene rings is 2. The summed E-state index contributed by atoms with van der Waals surface area (Å²) in [6.07, 6.45) is 0. The molecule has 0 radical (unpaired) electrons. The van der Waals surface area contributed by atoms with Gasteiger partial charge in [0, 0.05) is 44.0 Å². The molecule has 0 atom stereocenters. The van der Waals surface area contributed by atoms with Gasteiger partial charge in [-0.25, -0.2) is 8.42 Å². The third-order valence-corrected chi connectivity index (χ3v) is 6.90. The monoisotopic (exact) mass is 416 g/mol. The van der Waals surface area contributed by atoms with Crippen LogP contribution in [0.4, 0.5) is 11.4 Å². The van der Waals surface area contributed by atoms with E-state index >= 15 is 0 Å². The van der Waals surface area contributed by atoms with Crippen LogP contribution in [-0.2, 0) is 10.0 Å². The molecule has 2 aromatic rings. The van der Waals surface area contributed by atoms with Crippen LogP contribution in [0.3, 0.4) is 0 Å². The number of carbonyl (C=O) groups excluding carboxylic acids is 2. The molecule has 2 heterocycles.